The van der Waals surface area contributed by atoms with Gasteiger partial charge in [-0.3, -0.25) is 19.3 Å². The molecule has 0 radical (unpaired) electrons. The molecule has 0 spiro atoms. The molecule has 1 aliphatic carbocycles. The summed E-state index contributed by atoms with van der Waals surface area (Å²) in [6.07, 6.45) is 4.27. The molecule has 3 fully saturated rings. The molecular formula is C24H24N5NaO5S2. The maximum atomic E-state index is 12.9. The quantitative estimate of drug-likeness (QED) is 0.202. The standard InChI is InChI=1S/C24H23N5O5S2.Na.H/c30-17(11-36-24-25-15-3-1-2-4-16(15)26-24)27-18-21(32)29-19(23(33)34)13(10-35-22(18)29)9-12-7-8-28(20(12)31)14-5-6-14;;/h1-4,9,14,18,22H,5-8,10-11H2,(H,25,26)(H,27,30)(H,33,34);;/b12-9+;;/t18-,22-;;/m1../s1. The zero-order chi connectivity index (χ0) is 25.0. The summed E-state index contributed by atoms with van der Waals surface area (Å²) in [6.45, 7) is 0.656. The average Bonchev–Trinajstić information content (AvgIpc) is 3.52. The van der Waals surface area contributed by atoms with Crippen LogP contribution in [0.2, 0.25) is 0 Å². The monoisotopic (exact) mass is 549 g/mol. The first-order valence-corrected chi connectivity index (χ1v) is 13.7. The van der Waals surface area contributed by atoms with Crippen molar-refractivity contribution in [3.63, 3.8) is 0 Å². The number of rotatable bonds is 7. The van der Waals surface area contributed by atoms with Gasteiger partial charge in [-0.05, 0) is 43.0 Å². The number of nitrogens with zero attached hydrogens (tertiary/aromatic N) is 3. The second kappa shape index (κ2) is 10.5. The Morgan fingerprint density at radius 1 is 1.27 bits per heavy atom. The van der Waals surface area contributed by atoms with Crippen LogP contribution >= 0.6 is 23.5 Å². The van der Waals surface area contributed by atoms with Crippen LogP contribution in [0.4, 0.5) is 0 Å². The van der Waals surface area contributed by atoms with Crippen LogP contribution in [-0.2, 0) is 19.2 Å². The van der Waals surface area contributed by atoms with E-state index >= 15 is 0 Å². The van der Waals surface area contributed by atoms with Gasteiger partial charge < -0.3 is 20.3 Å². The molecule has 3 N–H and O–H groups in total. The van der Waals surface area contributed by atoms with Crippen molar-refractivity contribution in [3.05, 3.63) is 47.2 Å². The fourth-order valence-electron chi connectivity index (χ4n) is 4.81. The third-order valence-electron chi connectivity index (χ3n) is 6.72. The van der Waals surface area contributed by atoms with Gasteiger partial charge in [-0.2, -0.15) is 0 Å². The fraction of sp³-hybridized carbons (Fsp3) is 0.375. The topological polar surface area (TPSA) is 136 Å². The number of benzene rings is 1. The first-order valence-electron chi connectivity index (χ1n) is 11.7. The summed E-state index contributed by atoms with van der Waals surface area (Å²) in [5, 5.41) is 12.7. The van der Waals surface area contributed by atoms with Crippen molar-refractivity contribution in [2.24, 2.45) is 0 Å². The van der Waals surface area contributed by atoms with E-state index in [2.05, 4.69) is 15.3 Å². The fourth-order valence-corrected chi connectivity index (χ4v) is 6.82. The molecule has 2 aromatic rings. The van der Waals surface area contributed by atoms with Crippen LogP contribution in [0, 0.1) is 0 Å². The summed E-state index contributed by atoms with van der Waals surface area (Å²) in [7, 11) is 0. The zero-order valence-corrected chi connectivity index (χ0v) is 20.7. The molecule has 1 aromatic heterocycles. The summed E-state index contributed by atoms with van der Waals surface area (Å²) >= 11 is 2.63. The van der Waals surface area contributed by atoms with Crippen molar-refractivity contribution in [1.29, 1.82) is 0 Å². The number of aliphatic carboxylic acids is 1. The molecule has 10 nitrogen and oxygen atoms in total. The first-order chi connectivity index (χ1) is 17.4. The van der Waals surface area contributed by atoms with E-state index in [0.717, 1.165) is 23.9 Å². The summed E-state index contributed by atoms with van der Waals surface area (Å²) in [5.74, 6) is -1.63. The molecule has 6 rings (SSSR count). The second-order valence-corrected chi connectivity index (χ2v) is 11.2. The van der Waals surface area contributed by atoms with Crippen molar-refractivity contribution in [1.82, 2.24) is 25.1 Å². The number of amides is 3. The number of carboxylic acids is 1. The molecular weight excluding hydrogens is 525 g/mol. The number of imidazole rings is 1. The van der Waals surface area contributed by atoms with Gasteiger partial charge in [0.05, 0.1) is 16.8 Å². The van der Waals surface area contributed by atoms with Gasteiger partial charge in [0.15, 0.2) is 5.16 Å². The molecule has 1 aromatic carbocycles. The molecule has 2 atom stereocenters. The van der Waals surface area contributed by atoms with E-state index in [4.69, 9.17) is 0 Å². The van der Waals surface area contributed by atoms with Gasteiger partial charge in [-0.15, -0.1) is 11.8 Å². The van der Waals surface area contributed by atoms with Gasteiger partial charge in [0.2, 0.25) is 11.8 Å². The predicted octanol–water partition coefficient (Wildman–Crippen LogP) is 1.07. The van der Waals surface area contributed by atoms with Crippen LogP contribution in [0.25, 0.3) is 11.0 Å². The Labute approximate surface area is 243 Å². The van der Waals surface area contributed by atoms with Gasteiger partial charge in [0.25, 0.3) is 5.91 Å². The number of carboxylic acid groups (broad SMARTS) is 1. The number of nitrogens with one attached hydrogen (secondary N) is 2. The zero-order valence-electron chi connectivity index (χ0n) is 19.1. The number of β-lactam (4-membered cyclic amide) rings is 1. The molecule has 3 aliphatic heterocycles. The molecule has 3 amide bonds. The van der Waals surface area contributed by atoms with E-state index in [1.54, 1.807) is 6.08 Å². The SMILES string of the molecule is O=C(CSc1nc2ccccc2[nH]1)N[C@@H]1C(=O)N2C(C(=O)O)=C(/C=C3\CCN(C4CC4)C3=O)CS[C@H]12.[NaH]. The normalized spacial score (nSPS) is 24.3. The number of H-pyrrole nitrogens is 1. The van der Waals surface area contributed by atoms with E-state index < -0.39 is 23.3 Å². The maximum absolute atomic E-state index is 12.9. The Morgan fingerprint density at radius 2 is 2.05 bits per heavy atom. The van der Waals surface area contributed by atoms with Crippen LogP contribution < -0.4 is 5.32 Å². The number of aromatic amines is 1. The third kappa shape index (κ3) is 4.97. The number of thioether (sulfide) groups is 2. The Balaban J connectivity index is 0.00000280. The molecule has 0 bridgehead atoms. The Kier molecular flexibility index (Phi) is 7.47. The number of likely N-dealkylation sites (tertiary alicyclic amines) is 1. The Bertz CT molecular complexity index is 1340. The average molecular weight is 550 g/mol. The van der Waals surface area contributed by atoms with Crippen molar-refractivity contribution < 1.29 is 24.3 Å². The van der Waals surface area contributed by atoms with Crippen LogP contribution in [-0.4, -0.2) is 114 Å². The molecule has 1 saturated carbocycles. The number of fused-ring (bicyclic) bond motifs is 2. The van der Waals surface area contributed by atoms with E-state index in [9.17, 15) is 24.3 Å². The molecule has 4 aliphatic rings. The van der Waals surface area contributed by atoms with Gasteiger partial charge in [-0.25, -0.2) is 9.78 Å². The number of aromatic nitrogens is 2. The molecule has 0 unspecified atom stereocenters. The predicted molar refractivity (Wildman–Crippen MR) is 141 cm³/mol. The van der Waals surface area contributed by atoms with Crippen LogP contribution in [0.5, 0.6) is 0 Å². The second-order valence-electron chi connectivity index (χ2n) is 9.13. The van der Waals surface area contributed by atoms with Crippen molar-refractivity contribution in [3.8, 4) is 0 Å². The molecule has 2 saturated heterocycles. The number of allylic oxidation sites excluding steroid dienone is 1. The number of para-hydroxylation sites is 2. The number of carbonyl (C=O) groups excluding carboxylic acids is 3. The minimum absolute atomic E-state index is 0. The van der Waals surface area contributed by atoms with Crippen molar-refractivity contribution >= 4 is 87.8 Å². The number of hydrogen-bond acceptors (Lipinski definition) is 7. The van der Waals surface area contributed by atoms with E-state index in [0.29, 0.717) is 41.1 Å². The van der Waals surface area contributed by atoms with Crippen molar-refractivity contribution in [2.45, 2.75) is 41.9 Å². The van der Waals surface area contributed by atoms with E-state index in [1.807, 2.05) is 29.2 Å². The molecule has 37 heavy (non-hydrogen) atoms. The summed E-state index contributed by atoms with van der Waals surface area (Å²) < 4.78 is 0. The van der Waals surface area contributed by atoms with Gasteiger partial charge in [0.1, 0.15) is 17.1 Å². The number of carbonyl (C=O) groups is 4. The molecule has 188 valence electrons. The van der Waals surface area contributed by atoms with Crippen LogP contribution in [0.15, 0.2) is 52.3 Å². The van der Waals surface area contributed by atoms with E-state index in [1.165, 1.54) is 28.4 Å². The third-order valence-corrected chi connectivity index (χ3v) is 8.89. The summed E-state index contributed by atoms with van der Waals surface area (Å²) in [6, 6.07) is 7.08. The number of hydrogen-bond donors (Lipinski definition) is 3. The van der Waals surface area contributed by atoms with Gasteiger partial charge in [0, 0.05) is 23.9 Å². The van der Waals surface area contributed by atoms with Crippen LogP contribution in [0.1, 0.15) is 19.3 Å². The Morgan fingerprint density at radius 3 is 2.78 bits per heavy atom. The van der Waals surface area contributed by atoms with Gasteiger partial charge >= 0.3 is 35.5 Å². The van der Waals surface area contributed by atoms with Crippen molar-refractivity contribution in [2.75, 3.05) is 18.1 Å². The van der Waals surface area contributed by atoms with Crippen LogP contribution in [0.3, 0.4) is 0 Å². The van der Waals surface area contributed by atoms with E-state index in [-0.39, 0.29) is 52.8 Å². The summed E-state index contributed by atoms with van der Waals surface area (Å²) in [4.78, 5) is 60.9. The minimum atomic E-state index is -1.21. The first kappa shape index (κ1) is 26.4. The Hall–Kier alpha value is -2.25. The molecule has 4 heterocycles. The molecule has 13 heteroatoms. The summed E-state index contributed by atoms with van der Waals surface area (Å²) in [5.41, 5.74) is 2.64. The van der Waals surface area contributed by atoms with Gasteiger partial charge in [-0.1, -0.05) is 23.9 Å².